The quantitative estimate of drug-likeness (QED) is 0.319. The van der Waals surface area contributed by atoms with Crippen molar-refractivity contribution in [2.75, 3.05) is 0 Å². The maximum absolute atomic E-state index is 11.2. The Bertz CT molecular complexity index is 1460. The van der Waals surface area contributed by atoms with E-state index >= 15 is 0 Å². The van der Waals surface area contributed by atoms with Crippen molar-refractivity contribution in [3.63, 3.8) is 0 Å². The lowest BCUT2D eigenvalue weighted by atomic mass is 10.1. The van der Waals surface area contributed by atoms with Gasteiger partial charge in [-0.2, -0.15) is 5.10 Å². The van der Waals surface area contributed by atoms with Gasteiger partial charge in [-0.3, -0.25) is 4.79 Å². The number of carbonyl (C=O) groups is 1. The molecule has 6 nitrogen and oxygen atoms in total. The second-order valence-electron chi connectivity index (χ2n) is 7.79. The van der Waals surface area contributed by atoms with Gasteiger partial charge in [-0.15, -0.1) is 0 Å². The third-order valence-corrected chi connectivity index (χ3v) is 5.61. The molecule has 0 bridgehead atoms. The lowest BCUT2D eigenvalue weighted by molar-refractivity contribution is -0.136. The smallest absolute Gasteiger partial charge is 0.309 e. The van der Waals surface area contributed by atoms with E-state index in [-0.39, 0.29) is 6.42 Å². The summed E-state index contributed by atoms with van der Waals surface area (Å²) in [6.45, 7) is 0.352. The number of halogens is 1. The normalized spacial score (nSPS) is 11.0. The number of hydrogen-bond donors (Lipinski definition) is 1. The summed E-state index contributed by atoms with van der Waals surface area (Å²) < 4.78 is 7.67. The van der Waals surface area contributed by atoms with Crippen molar-refractivity contribution < 1.29 is 14.6 Å². The minimum Gasteiger partial charge on any atom is -0.487 e. The van der Waals surface area contributed by atoms with Gasteiger partial charge in [0.05, 0.1) is 34.7 Å². The zero-order valence-corrected chi connectivity index (χ0v) is 18.8. The average molecular weight is 470 g/mol. The Balaban J connectivity index is 1.38. The van der Waals surface area contributed by atoms with Crippen LogP contribution in [0.15, 0.2) is 91.0 Å². The summed E-state index contributed by atoms with van der Waals surface area (Å²) >= 11 is 6.03. The van der Waals surface area contributed by atoms with Crippen LogP contribution in [0.5, 0.6) is 5.75 Å². The van der Waals surface area contributed by atoms with E-state index < -0.39 is 5.97 Å². The molecule has 0 amide bonds. The summed E-state index contributed by atoms with van der Waals surface area (Å²) in [5, 5.41) is 15.4. The molecule has 34 heavy (non-hydrogen) atoms. The number of aliphatic carboxylic acids is 1. The Hall–Kier alpha value is -4.16. The van der Waals surface area contributed by atoms with Crippen molar-refractivity contribution in [2.24, 2.45) is 0 Å². The topological polar surface area (TPSA) is 77.2 Å². The predicted molar refractivity (Wildman–Crippen MR) is 131 cm³/mol. The van der Waals surface area contributed by atoms with Crippen LogP contribution < -0.4 is 4.74 Å². The Labute approximate surface area is 201 Å². The SMILES string of the molecule is O=C(O)Cc1cc(-c2ccc(Cl)cc2)n(-c2ccc(OCc3ccc4ccccc4n3)cc2)n1. The van der Waals surface area contributed by atoms with E-state index in [9.17, 15) is 9.90 Å². The third kappa shape index (κ3) is 4.77. The van der Waals surface area contributed by atoms with Crippen LogP contribution in [0.3, 0.4) is 0 Å². The second-order valence-corrected chi connectivity index (χ2v) is 8.22. The highest BCUT2D eigenvalue weighted by Gasteiger charge is 2.14. The first-order chi connectivity index (χ1) is 16.5. The van der Waals surface area contributed by atoms with Crippen molar-refractivity contribution in [3.05, 3.63) is 107 Å². The summed E-state index contributed by atoms with van der Waals surface area (Å²) in [7, 11) is 0. The van der Waals surface area contributed by atoms with Gasteiger partial charge in [0.1, 0.15) is 12.4 Å². The molecule has 3 aromatic carbocycles. The van der Waals surface area contributed by atoms with Crippen LogP contribution in [-0.4, -0.2) is 25.8 Å². The maximum atomic E-state index is 11.2. The van der Waals surface area contributed by atoms with Crippen LogP contribution in [0.2, 0.25) is 5.02 Å². The molecule has 0 aliphatic carbocycles. The van der Waals surface area contributed by atoms with Crippen molar-refractivity contribution in [1.82, 2.24) is 14.8 Å². The number of carboxylic acid groups (broad SMARTS) is 1. The molecule has 0 radical (unpaired) electrons. The fourth-order valence-electron chi connectivity index (χ4n) is 3.72. The first-order valence-corrected chi connectivity index (χ1v) is 11.1. The fraction of sp³-hybridized carbons (Fsp3) is 0.0741. The molecular formula is C27H20ClN3O3. The van der Waals surface area contributed by atoms with Crippen LogP contribution in [0, 0.1) is 0 Å². The number of hydrogen-bond acceptors (Lipinski definition) is 4. The number of fused-ring (bicyclic) bond motifs is 1. The number of ether oxygens (including phenoxy) is 1. The molecule has 7 heteroatoms. The van der Waals surface area contributed by atoms with Crippen LogP contribution in [0.4, 0.5) is 0 Å². The van der Waals surface area contributed by atoms with Crippen molar-refractivity contribution >= 4 is 28.5 Å². The van der Waals surface area contributed by atoms with Gasteiger partial charge in [0, 0.05) is 16.0 Å². The van der Waals surface area contributed by atoms with Gasteiger partial charge in [0.2, 0.25) is 0 Å². The predicted octanol–water partition coefficient (Wildman–Crippen LogP) is 5.95. The van der Waals surface area contributed by atoms with E-state index in [0.717, 1.165) is 33.5 Å². The van der Waals surface area contributed by atoms with Crippen LogP contribution in [0.1, 0.15) is 11.4 Å². The zero-order chi connectivity index (χ0) is 23.5. The minimum atomic E-state index is -0.932. The Morgan fingerprint density at radius 3 is 2.44 bits per heavy atom. The van der Waals surface area contributed by atoms with Crippen LogP contribution in [0.25, 0.3) is 27.8 Å². The van der Waals surface area contributed by atoms with Crippen LogP contribution >= 0.6 is 11.6 Å². The highest BCUT2D eigenvalue weighted by atomic mass is 35.5. The zero-order valence-electron chi connectivity index (χ0n) is 18.1. The molecule has 1 N–H and O–H groups in total. The molecule has 2 aromatic heterocycles. The molecule has 5 rings (SSSR count). The van der Waals surface area contributed by atoms with Gasteiger partial charge in [-0.25, -0.2) is 9.67 Å². The van der Waals surface area contributed by atoms with E-state index in [1.165, 1.54) is 0 Å². The Kier molecular flexibility index (Phi) is 5.97. The molecule has 0 atom stereocenters. The number of carboxylic acids is 1. The molecule has 168 valence electrons. The largest absolute Gasteiger partial charge is 0.487 e. The molecule has 5 aromatic rings. The van der Waals surface area contributed by atoms with Gasteiger partial charge in [-0.1, -0.05) is 48.0 Å². The number of rotatable bonds is 7. The minimum absolute atomic E-state index is 0.159. The molecule has 0 saturated carbocycles. The summed E-state index contributed by atoms with van der Waals surface area (Å²) in [5.74, 6) is -0.233. The molecular weight excluding hydrogens is 450 g/mol. The van der Waals surface area contributed by atoms with Gasteiger partial charge >= 0.3 is 5.97 Å². The molecule has 2 heterocycles. The standard InChI is InChI=1S/C27H20ClN3O3/c28-20-8-5-19(6-9-20)26-15-22(16-27(32)33)30-31(26)23-11-13-24(14-12-23)34-17-21-10-7-18-3-1-2-4-25(18)29-21/h1-15H,16-17H2,(H,32,33). The lowest BCUT2D eigenvalue weighted by Gasteiger charge is -2.10. The van der Waals surface area contributed by atoms with E-state index in [4.69, 9.17) is 16.3 Å². The first kappa shape index (κ1) is 21.7. The van der Waals surface area contributed by atoms with Gasteiger partial charge in [0.15, 0.2) is 0 Å². The van der Waals surface area contributed by atoms with Crippen LogP contribution in [-0.2, 0) is 17.8 Å². The number of nitrogens with zero attached hydrogens (tertiary/aromatic N) is 3. The van der Waals surface area contributed by atoms with E-state index in [1.54, 1.807) is 22.9 Å². The Morgan fingerprint density at radius 2 is 1.68 bits per heavy atom. The molecule has 0 saturated heterocycles. The van der Waals surface area contributed by atoms with Crippen molar-refractivity contribution in [3.8, 4) is 22.7 Å². The molecule has 0 aliphatic heterocycles. The number of para-hydroxylation sites is 1. The molecule has 0 unspecified atom stereocenters. The van der Waals surface area contributed by atoms with Crippen molar-refractivity contribution in [2.45, 2.75) is 13.0 Å². The second kappa shape index (κ2) is 9.37. The van der Waals surface area contributed by atoms with E-state index in [1.807, 2.05) is 72.8 Å². The van der Waals surface area contributed by atoms with E-state index in [0.29, 0.717) is 23.1 Å². The number of pyridine rings is 1. The summed E-state index contributed by atoms with van der Waals surface area (Å²) in [4.78, 5) is 15.9. The summed E-state index contributed by atoms with van der Waals surface area (Å²) in [6.07, 6.45) is -0.159. The highest BCUT2D eigenvalue weighted by Crippen LogP contribution is 2.27. The highest BCUT2D eigenvalue weighted by molar-refractivity contribution is 6.30. The third-order valence-electron chi connectivity index (χ3n) is 5.36. The monoisotopic (exact) mass is 469 g/mol. The first-order valence-electron chi connectivity index (χ1n) is 10.7. The molecule has 0 fully saturated rings. The lowest BCUT2D eigenvalue weighted by Crippen LogP contribution is -2.03. The maximum Gasteiger partial charge on any atom is 0.309 e. The Morgan fingerprint density at radius 1 is 0.912 bits per heavy atom. The number of benzene rings is 3. The van der Waals surface area contributed by atoms with E-state index in [2.05, 4.69) is 10.1 Å². The summed E-state index contributed by atoms with van der Waals surface area (Å²) in [6, 6.07) is 28.6. The average Bonchev–Trinajstić information content (AvgIpc) is 3.26. The molecule has 0 spiro atoms. The molecule has 0 aliphatic rings. The summed E-state index contributed by atoms with van der Waals surface area (Å²) in [5.41, 5.74) is 4.71. The van der Waals surface area contributed by atoms with Gasteiger partial charge in [0.25, 0.3) is 0 Å². The fourth-order valence-corrected chi connectivity index (χ4v) is 3.85. The van der Waals surface area contributed by atoms with Gasteiger partial charge in [-0.05, 0) is 54.6 Å². The van der Waals surface area contributed by atoms with Crippen molar-refractivity contribution in [1.29, 1.82) is 0 Å². The number of aromatic nitrogens is 3. The van der Waals surface area contributed by atoms with Gasteiger partial charge < -0.3 is 9.84 Å².